The second-order valence-corrected chi connectivity index (χ2v) is 6.96. The van der Waals surface area contributed by atoms with Crippen molar-refractivity contribution in [1.82, 2.24) is 0 Å². The van der Waals surface area contributed by atoms with Crippen molar-refractivity contribution < 1.29 is 5.11 Å². The van der Waals surface area contributed by atoms with E-state index in [4.69, 9.17) is 0 Å². The Balaban J connectivity index is 2.20. The van der Waals surface area contributed by atoms with E-state index in [1.807, 2.05) is 0 Å². The van der Waals surface area contributed by atoms with Gasteiger partial charge in [-0.2, -0.15) is 0 Å². The first-order chi connectivity index (χ1) is 6.42. The number of rotatable bonds is 2. The van der Waals surface area contributed by atoms with Gasteiger partial charge in [-0.05, 0) is 46.7 Å². The number of hydrogen-bond acceptors (Lipinski definition) is 2. The van der Waals surface area contributed by atoms with E-state index < -0.39 is 0 Å². The van der Waals surface area contributed by atoms with Gasteiger partial charge in [-0.3, -0.25) is 0 Å². The molecule has 0 bridgehead atoms. The van der Waals surface area contributed by atoms with E-state index in [0.717, 1.165) is 15.8 Å². The van der Waals surface area contributed by atoms with E-state index in [1.54, 1.807) is 11.3 Å². The smallest absolute Gasteiger partial charge is 0.0926 e. The van der Waals surface area contributed by atoms with E-state index in [-0.39, 0.29) is 6.10 Å². The van der Waals surface area contributed by atoms with Crippen molar-refractivity contribution in [3.8, 4) is 0 Å². The molecule has 1 aliphatic rings. The fourth-order valence-electron chi connectivity index (χ4n) is 1.93. The molecule has 2 rings (SSSR count). The third-order valence-electron chi connectivity index (χ3n) is 3.08. The predicted octanol–water partition coefficient (Wildman–Crippen LogP) is 3.90. The molecule has 2 unspecified atom stereocenters. The summed E-state index contributed by atoms with van der Waals surface area (Å²) >= 11 is 5.20. The van der Waals surface area contributed by atoms with Crippen LogP contribution in [-0.2, 0) is 0 Å². The van der Waals surface area contributed by atoms with Gasteiger partial charge in [0.05, 0.1) is 6.10 Å². The van der Waals surface area contributed by atoms with Gasteiger partial charge >= 0.3 is 0 Å². The molecule has 1 aromatic heterocycles. The lowest BCUT2D eigenvalue weighted by molar-refractivity contribution is 0.141. The van der Waals surface area contributed by atoms with Crippen LogP contribution >= 0.6 is 27.3 Å². The van der Waals surface area contributed by atoms with Crippen LogP contribution in [0.25, 0.3) is 0 Å². The number of halogens is 1. The van der Waals surface area contributed by atoms with Crippen molar-refractivity contribution in [2.75, 3.05) is 0 Å². The van der Waals surface area contributed by atoms with Gasteiger partial charge in [-0.25, -0.2) is 0 Å². The standard InChI is InChI=1S/C11H15BrOS/c1-6-4-8(12)10(14-6)9(13)7-5-11(7,2)3/h4,7,9,13H,5H2,1-3H3. The Morgan fingerprint density at radius 1 is 1.64 bits per heavy atom. The minimum absolute atomic E-state index is 0.280. The normalized spacial score (nSPS) is 26.2. The fraction of sp³-hybridized carbons (Fsp3) is 0.636. The topological polar surface area (TPSA) is 20.2 Å². The summed E-state index contributed by atoms with van der Waals surface area (Å²) in [6.45, 7) is 6.51. The summed E-state index contributed by atoms with van der Waals surface area (Å²) in [5.41, 5.74) is 0.330. The largest absolute Gasteiger partial charge is 0.387 e. The van der Waals surface area contributed by atoms with Crippen LogP contribution < -0.4 is 0 Å². The molecule has 14 heavy (non-hydrogen) atoms. The summed E-state index contributed by atoms with van der Waals surface area (Å²) in [6, 6.07) is 2.08. The monoisotopic (exact) mass is 274 g/mol. The minimum atomic E-state index is -0.280. The van der Waals surface area contributed by atoms with E-state index in [1.165, 1.54) is 4.88 Å². The molecule has 1 N–H and O–H groups in total. The van der Waals surface area contributed by atoms with Gasteiger partial charge in [-0.1, -0.05) is 13.8 Å². The van der Waals surface area contributed by atoms with Gasteiger partial charge in [0.15, 0.2) is 0 Å². The average Bonchev–Trinajstić information content (AvgIpc) is 2.55. The Morgan fingerprint density at radius 3 is 2.57 bits per heavy atom. The molecular weight excluding hydrogens is 260 g/mol. The van der Waals surface area contributed by atoms with E-state index in [2.05, 4.69) is 42.8 Å². The van der Waals surface area contributed by atoms with Gasteiger partial charge < -0.3 is 5.11 Å². The molecule has 0 amide bonds. The van der Waals surface area contributed by atoms with Crippen molar-refractivity contribution in [2.45, 2.75) is 33.3 Å². The Labute approximate surface area is 97.3 Å². The number of aryl methyl sites for hydroxylation is 1. The van der Waals surface area contributed by atoms with Crippen LogP contribution in [-0.4, -0.2) is 5.11 Å². The molecule has 0 aromatic carbocycles. The molecule has 0 spiro atoms. The van der Waals surface area contributed by atoms with Crippen LogP contribution in [0.5, 0.6) is 0 Å². The molecule has 78 valence electrons. The molecule has 1 aliphatic carbocycles. The first-order valence-corrected chi connectivity index (χ1v) is 6.46. The van der Waals surface area contributed by atoms with Gasteiger partial charge in [0, 0.05) is 14.2 Å². The first kappa shape index (κ1) is 10.7. The molecule has 2 atom stereocenters. The maximum Gasteiger partial charge on any atom is 0.0926 e. The van der Waals surface area contributed by atoms with Crippen LogP contribution in [0, 0.1) is 18.3 Å². The van der Waals surface area contributed by atoms with Gasteiger partial charge in [0.25, 0.3) is 0 Å². The Bertz CT molecular complexity index is 356. The summed E-state index contributed by atoms with van der Waals surface area (Å²) < 4.78 is 1.07. The van der Waals surface area contributed by atoms with Crippen LogP contribution in [0.1, 0.15) is 36.1 Å². The molecule has 0 radical (unpaired) electrons. The highest BCUT2D eigenvalue weighted by Gasteiger charge is 2.50. The van der Waals surface area contributed by atoms with Crippen molar-refractivity contribution in [3.05, 3.63) is 20.3 Å². The highest BCUT2D eigenvalue weighted by Crippen LogP contribution is 2.59. The number of thiophene rings is 1. The highest BCUT2D eigenvalue weighted by atomic mass is 79.9. The third-order valence-corrected chi connectivity index (χ3v) is 5.12. The van der Waals surface area contributed by atoms with Crippen molar-refractivity contribution in [3.63, 3.8) is 0 Å². The minimum Gasteiger partial charge on any atom is -0.387 e. The van der Waals surface area contributed by atoms with Gasteiger partial charge in [-0.15, -0.1) is 11.3 Å². The molecule has 3 heteroatoms. The highest BCUT2D eigenvalue weighted by molar-refractivity contribution is 9.10. The molecule has 0 saturated heterocycles. The summed E-state index contributed by atoms with van der Waals surface area (Å²) in [7, 11) is 0. The number of hydrogen-bond donors (Lipinski definition) is 1. The molecule has 1 aromatic rings. The molecule has 1 heterocycles. The Morgan fingerprint density at radius 2 is 2.21 bits per heavy atom. The number of aliphatic hydroxyl groups is 1. The second kappa shape index (κ2) is 3.32. The SMILES string of the molecule is Cc1cc(Br)c(C(O)C2CC2(C)C)s1. The van der Waals surface area contributed by atoms with E-state index in [0.29, 0.717) is 11.3 Å². The molecule has 1 fully saturated rings. The summed E-state index contributed by atoms with van der Waals surface area (Å²) in [5.74, 6) is 0.442. The van der Waals surface area contributed by atoms with Crippen LogP contribution in [0.4, 0.5) is 0 Å². The lowest BCUT2D eigenvalue weighted by Gasteiger charge is -2.11. The van der Waals surface area contributed by atoms with Crippen molar-refractivity contribution >= 4 is 27.3 Å². The van der Waals surface area contributed by atoms with Crippen molar-refractivity contribution in [1.29, 1.82) is 0 Å². The van der Waals surface area contributed by atoms with Crippen molar-refractivity contribution in [2.24, 2.45) is 11.3 Å². The molecule has 1 saturated carbocycles. The zero-order valence-electron chi connectivity index (χ0n) is 8.67. The Hall–Kier alpha value is 0.140. The zero-order chi connectivity index (χ0) is 10.5. The first-order valence-electron chi connectivity index (χ1n) is 4.86. The average molecular weight is 275 g/mol. The third kappa shape index (κ3) is 1.77. The van der Waals surface area contributed by atoms with Gasteiger partial charge in [0.1, 0.15) is 0 Å². The van der Waals surface area contributed by atoms with Crippen LogP contribution in [0.15, 0.2) is 10.5 Å². The summed E-state index contributed by atoms with van der Waals surface area (Å²) in [6.07, 6.45) is 0.857. The van der Waals surface area contributed by atoms with E-state index in [9.17, 15) is 5.11 Å². The van der Waals surface area contributed by atoms with E-state index >= 15 is 0 Å². The quantitative estimate of drug-likeness (QED) is 0.868. The van der Waals surface area contributed by atoms with Gasteiger partial charge in [0.2, 0.25) is 0 Å². The number of aliphatic hydroxyl groups excluding tert-OH is 1. The maximum absolute atomic E-state index is 10.2. The fourth-order valence-corrected chi connectivity index (χ4v) is 3.87. The predicted molar refractivity (Wildman–Crippen MR) is 63.6 cm³/mol. The Kier molecular flexibility index (Phi) is 2.53. The molecular formula is C11H15BrOS. The summed E-state index contributed by atoms with van der Waals surface area (Å²) in [5, 5.41) is 10.2. The lowest BCUT2D eigenvalue weighted by atomic mass is 10.1. The second-order valence-electron chi connectivity index (χ2n) is 4.81. The lowest BCUT2D eigenvalue weighted by Crippen LogP contribution is -2.03. The molecule has 0 aliphatic heterocycles. The maximum atomic E-state index is 10.2. The van der Waals surface area contributed by atoms with Crippen LogP contribution in [0.2, 0.25) is 0 Å². The molecule has 1 nitrogen and oxygen atoms in total. The summed E-state index contributed by atoms with van der Waals surface area (Å²) in [4.78, 5) is 2.35. The van der Waals surface area contributed by atoms with Crippen LogP contribution in [0.3, 0.4) is 0 Å². The zero-order valence-corrected chi connectivity index (χ0v) is 11.1.